The molecule has 0 aromatic heterocycles. The molecule has 2 rings (SSSR count). The summed E-state index contributed by atoms with van der Waals surface area (Å²) in [7, 11) is 0. The van der Waals surface area contributed by atoms with Crippen LogP contribution in [-0.4, -0.2) is 5.91 Å². The molecule has 0 aliphatic carbocycles. The average Bonchev–Trinajstić information content (AvgIpc) is 2.58. The molecule has 0 atom stereocenters. The predicted octanol–water partition coefficient (Wildman–Crippen LogP) is 4.72. The lowest BCUT2D eigenvalue weighted by atomic mass is 9.98. The number of nitrogens with zero attached hydrogens (tertiary/aromatic N) is 1. The van der Waals surface area contributed by atoms with Crippen molar-refractivity contribution < 1.29 is 9.18 Å². The quantitative estimate of drug-likeness (QED) is 0.613. The van der Waals surface area contributed by atoms with Gasteiger partial charge in [-0.3, -0.25) is 4.79 Å². The number of carbonyl (C=O) groups excluding carboxylic acids is 1. The van der Waals surface area contributed by atoms with Gasteiger partial charge in [0.1, 0.15) is 17.5 Å². The summed E-state index contributed by atoms with van der Waals surface area (Å²) in [5.41, 5.74) is 3.19. The minimum Gasteiger partial charge on any atom is -0.360 e. The van der Waals surface area contributed by atoms with Gasteiger partial charge in [-0.15, -0.1) is 0 Å². The van der Waals surface area contributed by atoms with Crippen molar-refractivity contribution in [1.82, 2.24) is 0 Å². The first-order chi connectivity index (χ1) is 11.9. The number of hydrogen-bond acceptors (Lipinski definition) is 3. The van der Waals surface area contributed by atoms with E-state index in [1.54, 1.807) is 0 Å². The van der Waals surface area contributed by atoms with Crippen molar-refractivity contribution in [2.45, 2.75) is 26.7 Å². The molecule has 0 aliphatic rings. The number of nitrogens with one attached hydrogen (secondary N) is 2. The number of amides is 1. The minimum atomic E-state index is -0.492. The van der Waals surface area contributed by atoms with E-state index in [4.69, 9.17) is 0 Å². The lowest BCUT2D eigenvalue weighted by Crippen LogP contribution is -2.17. The third kappa shape index (κ3) is 4.67. The van der Waals surface area contributed by atoms with E-state index in [0.29, 0.717) is 5.69 Å². The summed E-state index contributed by atoms with van der Waals surface area (Å²) in [4.78, 5) is 12.4. The number of anilines is 2. The molecule has 1 amide bonds. The standard InChI is InChI=1S/C20H20FN3O/c1-13(2)18-6-4-5-14(3)19(18)24-20(25)15(11-22)12-23-17-9-7-16(21)8-10-17/h4-10,12-13,23H,1-3H3,(H,24,25)/b15-12-. The van der Waals surface area contributed by atoms with Crippen LogP contribution in [0, 0.1) is 24.1 Å². The Labute approximate surface area is 147 Å². The summed E-state index contributed by atoms with van der Waals surface area (Å²) in [6.07, 6.45) is 1.32. The summed E-state index contributed by atoms with van der Waals surface area (Å²) in [6.45, 7) is 6.00. The van der Waals surface area contributed by atoms with Crippen molar-refractivity contribution in [3.63, 3.8) is 0 Å². The highest BCUT2D eigenvalue weighted by Gasteiger charge is 2.15. The summed E-state index contributed by atoms with van der Waals surface area (Å²) < 4.78 is 12.9. The molecule has 0 unspecified atom stereocenters. The highest BCUT2D eigenvalue weighted by Crippen LogP contribution is 2.27. The van der Waals surface area contributed by atoms with Gasteiger partial charge in [0.25, 0.3) is 5.91 Å². The highest BCUT2D eigenvalue weighted by molar-refractivity contribution is 6.07. The zero-order valence-corrected chi connectivity index (χ0v) is 14.4. The number of halogens is 1. The van der Waals surface area contributed by atoms with E-state index >= 15 is 0 Å². The smallest absolute Gasteiger partial charge is 0.267 e. The first-order valence-corrected chi connectivity index (χ1v) is 7.95. The second kappa shape index (κ2) is 8.11. The Bertz CT molecular complexity index is 833. The van der Waals surface area contributed by atoms with Crippen LogP contribution in [0.25, 0.3) is 0 Å². The van der Waals surface area contributed by atoms with E-state index in [-0.39, 0.29) is 17.3 Å². The molecule has 2 N–H and O–H groups in total. The molecule has 25 heavy (non-hydrogen) atoms. The topological polar surface area (TPSA) is 64.9 Å². The Morgan fingerprint density at radius 1 is 1.20 bits per heavy atom. The van der Waals surface area contributed by atoms with Crippen molar-refractivity contribution in [2.24, 2.45) is 0 Å². The monoisotopic (exact) mass is 337 g/mol. The number of para-hydroxylation sites is 1. The van der Waals surface area contributed by atoms with E-state index in [9.17, 15) is 14.4 Å². The van der Waals surface area contributed by atoms with Crippen LogP contribution in [0.1, 0.15) is 30.9 Å². The molecular formula is C20H20FN3O. The number of hydrogen-bond donors (Lipinski definition) is 2. The largest absolute Gasteiger partial charge is 0.360 e. The molecule has 2 aromatic carbocycles. The maximum absolute atomic E-state index is 12.9. The Balaban J connectivity index is 2.20. The normalized spacial score (nSPS) is 11.1. The van der Waals surface area contributed by atoms with Crippen LogP contribution in [0.2, 0.25) is 0 Å². The third-order valence-corrected chi connectivity index (χ3v) is 3.76. The second-order valence-electron chi connectivity index (χ2n) is 5.97. The lowest BCUT2D eigenvalue weighted by Gasteiger charge is -2.16. The summed E-state index contributed by atoms with van der Waals surface area (Å²) in [6, 6.07) is 13.3. The van der Waals surface area contributed by atoms with Gasteiger partial charge in [-0.1, -0.05) is 32.0 Å². The Hall–Kier alpha value is -3.13. The molecule has 0 spiro atoms. The van der Waals surface area contributed by atoms with E-state index in [1.807, 2.05) is 45.0 Å². The Kier molecular flexibility index (Phi) is 5.91. The first kappa shape index (κ1) is 18.2. The number of carbonyl (C=O) groups is 1. The average molecular weight is 337 g/mol. The van der Waals surface area contributed by atoms with Crippen LogP contribution in [-0.2, 0) is 4.79 Å². The molecule has 5 heteroatoms. The van der Waals surface area contributed by atoms with Crippen molar-refractivity contribution in [2.75, 3.05) is 10.6 Å². The van der Waals surface area contributed by atoms with E-state index in [0.717, 1.165) is 16.8 Å². The van der Waals surface area contributed by atoms with Gasteiger partial charge in [0, 0.05) is 17.6 Å². The molecular weight excluding hydrogens is 317 g/mol. The third-order valence-electron chi connectivity index (χ3n) is 3.76. The zero-order chi connectivity index (χ0) is 18.4. The number of rotatable bonds is 5. The minimum absolute atomic E-state index is 0.0673. The van der Waals surface area contributed by atoms with Gasteiger partial charge < -0.3 is 10.6 Å². The van der Waals surface area contributed by atoms with Crippen LogP contribution in [0.4, 0.5) is 15.8 Å². The molecule has 4 nitrogen and oxygen atoms in total. The van der Waals surface area contributed by atoms with Crippen LogP contribution in [0.3, 0.4) is 0 Å². The molecule has 0 heterocycles. The molecule has 0 saturated carbocycles. The van der Waals surface area contributed by atoms with Crippen LogP contribution < -0.4 is 10.6 Å². The number of aryl methyl sites for hydroxylation is 1. The summed E-state index contributed by atoms with van der Waals surface area (Å²) >= 11 is 0. The van der Waals surface area contributed by atoms with Gasteiger partial charge in [-0.2, -0.15) is 5.26 Å². The second-order valence-corrected chi connectivity index (χ2v) is 5.97. The van der Waals surface area contributed by atoms with Gasteiger partial charge in [-0.25, -0.2) is 4.39 Å². The lowest BCUT2D eigenvalue weighted by molar-refractivity contribution is -0.112. The predicted molar refractivity (Wildman–Crippen MR) is 97.6 cm³/mol. The fourth-order valence-corrected chi connectivity index (χ4v) is 2.37. The van der Waals surface area contributed by atoms with Crippen LogP contribution in [0.5, 0.6) is 0 Å². The number of benzene rings is 2. The molecule has 0 aliphatic heterocycles. The van der Waals surface area contributed by atoms with Gasteiger partial charge in [-0.05, 0) is 48.2 Å². The van der Waals surface area contributed by atoms with E-state index in [2.05, 4.69) is 10.6 Å². The molecule has 0 fully saturated rings. The molecule has 128 valence electrons. The van der Waals surface area contributed by atoms with Crippen molar-refractivity contribution in [3.05, 3.63) is 71.2 Å². The highest BCUT2D eigenvalue weighted by atomic mass is 19.1. The van der Waals surface area contributed by atoms with Crippen LogP contribution >= 0.6 is 0 Å². The van der Waals surface area contributed by atoms with Gasteiger partial charge >= 0.3 is 0 Å². The Morgan fingerprint density at radius 3 is 2.48 bits per heavy atom. The van der Waals surface area contributed by atoms with Gasteiger partial charge in [0.15, 0.2) is 0 Å². The van der Waals surface area contributed by atoms with Crippen LogP contribution in [0.15, 0.2) is 54.2 Å². The van der Waals surface area contributed by atoms with Gasteiger partial charge in [0.05, 0.1) is 0 Å². The maximum atomic E-state index is 12.9. The zero-order valence-electron chi connectivity index (χ0n) is 14.4. The fourth-order valence-electron chi connectivity index (χ4n) is 2.37. The molecule has 2 aromatic rings. The van der Waals surface area contributed by atoms with Crippen molar-refractivity contribution in [3.8, 4) is 6.07 Å². The molecule has 0 radical (unpaired) electrons. The summed E-state index contributed by atoms with van der Waals surface area (Å²) in [5, 5.41) is 14.9. The Morgan fingerprint density at radius 2 is 1.88 bits per heavy atom. The van der Waals surface area contributed by atoms with Crippen molar-refractivity contribution in [1.29, 1.82) is 5.26 Å². The first-order valence-electron chi connectivity index (χ1n) is 7.95. The molecule has 0 bridgehead atoms. The van der Waals surface area contributed by atoms with E-state index < -0.39 is 5.91 Å². The SMILES string of the molecule is Cc1cccc(C(C)C)c1NC(=O)/C(C#N)=C\Nc1ccc(F)cc1. The van der Waals surface area contributed by atoms with E-state index in [1.165, 1.54) is 30.5 Å². The number of nitriles is 1. The fraction of sp³-hybridized carbons (Fsp3) is 0.200. The van der Waals surface area contributed by atoms with Crippen molar-refractivity contribution >= 4 is 17.3 Å². The summed E-state index contributed by atoms with van der Waals surface area (Å²) in [5.74, 6) is -0.607. The maximum Gasteiger partial charge on any atom is 0.267 e. The van der Waals surface area contributed by atoms with Gasteiger partial charge in [0.2, 0.25) is 0 Å². The molecule has 0 saturated heterocycles.